The first kappa shape index (κ1) is 19.8. The van der Waals surface area contributed by atoms with Gasteiger partial charge in [-0.1, -0.05) is 47.1 Å². The number of anilines is 2. The molecule has 0 aromatic heterocycles. The van der Waals surface area contributed by atoms with E-state index < -0.39 is 0 Å². The van der Waals surface area contributed by atoms with E-state index in [1.807, 2.05) is 6.26 Å². The molecule has 2 aromatic carbocycles. The maximum atomic E-state index is 13.2. The van der Waals surface area contributed by atoms with E-state index in [9.17, 15) is 4.39 Å². The van der Waals surface area contributed by atoms with Crippen LogP contribution in [0.2, 0.25) is 10.0 Å². The minimum Gasteiger partial charge on any atom is -0.354 e. The summed E-state index contributed by atoms with van der Waals surface area (Å²) in [6, 6.07) is 9.69. The van der Waals surface area contributed by atoms with Gasteiger partial charge in [0.15, 0.2) is 11.1 Å². The molecule has 0 bridgehead atoms. The highest BCUT2D eigenvalue weighted by molar-refractivity contribution is 8.13. The molecule has 1 heterocycles. The summed E-state index contributed by atoms with van der Waals surface area (Å²) in [4.78, 5) is 6.04. The van der Waals surface area contributed by atoms with Crippen molar-refractivity contribution in [1.82, 2.24) is 5.32 Å². The molecule has 1 aliphatic rings. The molecule has 0 radical (unpaired) electrons. The number of hydrogen-bond acceptors (Lipinski definition) is 5. The Hall–Kier alpha value is -1.96. The summed E-state index contributed by atoms with van der Waals surface area (Å²) >= 11 is 14.2. The molecule has 1 aliphatic heterocycles. The first-order valence-electron chi connectivity index (χ1n) is 8.17. The SMILES string of the molecule is CSC(=N)N(Cc1ccc(F)cc1)c1cc(Cl)c(NC2=NCCN2)c(Cl)c1. The Morgan fingerprint density at radius 2 is 1.96 bits per heavy atom. The van der Waals surface area contributed by atoms with Crippen molar-refractivity contribution in [2.45, 2.75) is 6.54 Å². The van der Waals surface area contributed by atoms with Gasteiger partial charge >= 0.3 is 0 Å². The third-order valence-electron chi connectivity index (χ3n) is 3.95. The summed E-state index contributed by atoms with van der Waals surface area (Å²) in [7, 11) is 0. The molecule has 0 saturated carbocycles. The van der Waals surface area contributed by atoms with Gasteiger partial charge < -0.3 is 15.5 Å². The van der Waals surface area contributed by atoms with Crippen LogP contribution in [0.1, 0.15) is 5.56 Å². The van der Waals surface area contributed by atoms with Gasteiger partial charge in [-0.2, -0.15) is 0 Å². The highest BCUT2D eigenvalue weighted by Gasteiger charge is 2.18. The van der Waals surface area contributed by atoms with Gasteiger partial charge in [0, 0.05) is 12.2 Å². The molecule has 3 N–H and O–H groups in total. The lowest BCUT2D eigenvalue weighted by Gasteiger charge is -2.25. The van der Waals surface area contributed by atoms with Crippen molar-refractivity contribution in [2.75, 3.05) is 29.6 Å². The Bertz CT molecular complexity index is 850. The number of guanidine groups is 1. The Kier molecular flexibility index (Phi) is 6.46. The Labute approximate surface area is 171 Å². The van der Waals surface area contributed by atoms with Crippen molar-refractivity contribution >= 4 is 57.5 Å². The monoisotopic (exact) mass is 425 g/mol. The van der Waals surface area contributed by atoms with Gasteiger partial charge in [0.05, 0.1) is 28.8 Å². The van der Waals surface area contributed by atoms with Crippen molar-refractivity contribution in [2.24, 2.45) is 4.99 Å². The number of rotatable bonds is 4. The number of nitrogens with zero attached hydrogens (tertiary/aromatic N) is 2. The molecule has 2 aromatic rings. The fourth-order valence-corrected chi connectivity index (χ4v) is 3.56. The van der Waals surface area contributed by atoms with E-state index in [0.717, 1.165) is 12.1 Å². The molecule has 5 nitrogen and oxygen atoms in total. The van der Waals surface area contributed by atoms with E-state index in [1.165, 1.54) is 23.9 Å². The predicted molar refractivity (Wildman–Crippen MR) is 114 cm³/mol. The molecule has 0 unspecified atom stereocenters. The highest BCUT2D eigenvalue weighted by atomic mass is 35.5. The Morgan fingerprint density at radius 1 is 1.30 bits per heavy atom. The molecule has 0 spiro atoms. The average Bonchev–Trinajstić information content (AvgIpc) is 3.16. The number of aliphatic imine (C=N–C) groups is 1. The lowest BCUT2D eigenvalue weighted by molar-refractivity contribution is 0.627. The molecule has 27 heavy (non-hydrogen) atoms. The molecular formula is C18H18Cl2FN5S. The molecule has 0 atom stereocenters. The zero-order chi connectivity index (χ0) is 19.4. The largest absolute Gasteiger partial charge is 0.354 e. The van der Waals surface area contributed by atoms with E-state index in [1.54, 1.807) is 29.2 Å². The van der Waals surface area contributed by atoms with Crippen LogP contribution < -0.4 is 15.5 Å². The van der Waals surface area contributed by atoms with Crippen molar-refractivity contribution in [3.8, 4) is 0 Å². The van der Waals surface area contributed by atoms with Crippen LogP contribution in [0, 0.1) is 11.2 Å². The fraction of sp³-hybridized carbons (Fsp3) is 0.222. The van der Waals surface area contributed by atoms with Crippen LogP contribution in [0.25, 0.3) is 0 Å². The van der Waals surface area contributed by atoms with Crippen LogP contribution in [0.3, 0.4) is 0 Å². The molecule has 0 fully saturated rings. The van der Waals surface area contributed by atoms with Crippen LogP contribution in [0.4, 0.5) is 15.8 Å². The van der Waals surface area contributed by atoms with Crippen LogP contribution in [0.15, 0.2) is 41.4 Å². The van der Waals surface area contributed by atoms with E-state index in [2.05, 4.69) is 15.6 Å². The summed E-state index contributed by atoms with van der Waals surface area (Å²) in [6.45, 7) is 1.87. The van der Waals surface area contributed by atoms with Gasteiger partial charge in [0.1, 0.15) is 5.82 Å². The molecule has 3 rings (SSSR count). The van der Waals surface area contributed by atoms with Gasteiger partial charge in [-0.15, -0.1) is 0 Å². The van der Waals surface area contributed by atoms with Crippen molar-refractivity contribution in [1.29, 1.82) is 5.41 Å². The summed E-state index contributed by atoms with van der Waals surface area (Å²) in [5, 5.41) is 15.7. The number of benzene rings is 2. The fourth-order valence-electron chi connectivity index (χ4n) is 2.60. The number of thioether (sulfide) groups is 1. The van der Waals surface area contributed by atoms with Crippen molar-refractivity contribution in [3.63, 3.8) is 0 Å². The smallest absolute Gasteiger partial charge is 0.196 e. The summed E-state index contributed by atoms with van der Waals surface area (Å²) in [5.41, 5.74) is 2.11. The lowest BCUT2D eigenvalue weighted by atomic mass is 10.2. The Balaban J connectivity index is 1.89. The average molecular weight is 426 g/mol. The van der Waals surface area contributed by atoms with Crippen LogP contribution in [-0.2, 0) is 6.54 Å². The van der Waals surface area contributed by atoms with Gasteiger partial charge in [0.25, 0.3) is 0 Å². The number of nitrogens with one attached hydrogen (secondary N) is 3. The third kappa shape index (κ3) is 4.86. The molecule has 142 valence electrons. The number of amidine groups is 1. The number of halogens is 3. The summed E-state index contributed by atoms with van der Waals surface area (Å²) in [6.07, 6.45) is 1.82. The predicted octanol–water partition coefficient (Wildman–Crippen LogP) is 4.81. The normalized spacial score (nSPS) is 13.1. The highest BCUT2D eigenvalue weighted by Crippen LogP contribution is 2.36. The van der Waals surface area contributed by atoms with Gasteiger partial charge in [-0.3, -0.25) is 10.4 Å². The zero-order valence-electron chi connectivity index (χ0n) is 14.5. The molecule has 0 saturated heterocycles. The number of hydrogen-bond donors (Lipinski definition) is 3. The molecular weight excluding hydrogens is 408 g/mol. The lowest BCUT2D eigenvalue weighted by Crippen LogP contribution is -2.28. The second-order valence-corrected chi connectivity index (χ2v) is 7.40. The first-order valence-corrected chi connectivity index (χ1v) is 10.1. The minimum atomic E-state index is -0.296. The van der Waals surface area contributed by atoms with Gasteiger partial charge in [0.2, 0.25) is 0 Å². The van der Waals surface area contributed by atoms with Crippen molar-refractivity contribution < 1.29 is 4.39 Å². The first-order chi connectivity index (χ1) is 13.0. The maximum Gasteiger partial charge on any atom is 0.196 e. The third-order valence-corrected chi connectivity index (χ3v) is 5.15. The quantitative estimate of drug-likeness (QED) is 0.485. The van der Waals surface area contributed by atoms with E-state index in [4.69, 9.17) is 28.6 Å². The molecule has 0 aliphatic carbocycles. The topological polar surface area (TPSA) is 63.5 Å². The van der Waals surface area contributed by atoms with Crippen LogP contribution in [-0.4, -0.2) is 30.5 Å². The second kappa shape index (κ2) is 8.82. The molecule has 9 heteroatoms. The van der Waals surface area contributed by atoms with Crippen LogP contribution in [0.5, 0.6) is 0 Å². The second-order valence-electron chi connectivity index (χ2n) is 5.79. The maximum absolute atomic E-state index is 13.2. The standard InChI is InChI=1S/C18H18Cl2FN5S/c1-27-17(22)26(10-11-2-4-12(21)5-3-11)13-8-14(19)16(15(20)9-13)25-18-23-6-7-24-18/h2-5,8-9,22H,6-7,10H2,1H3,(H2,23,24,25). The minimum absolute atomic E-state index is 0.296. The van der Waals surface area contributed by atoms with Gasteiger partial charge in [-0.25, -0.2) is 4.39 Å². The molecule has 0 amide bonds. The van der Waals surface area contributed by atoms with E-state index >= 15 is 0 Å². The van der Waals surface area contributed by atoms with Gasteiger partial charge in [-0.05, 0) is 36.1 Å². The van der Waals surface area contributed by atoms with E-state index in [-0.39, 0.29) is 5.82 Å². The summed E-state index contributed by atoms with van der Waals surface area (Å²) in [5.74, 6) is 0.335. The van der Waals surface area contributed by atoms with Crippen LogP contribution >= 0.6 is 35.0 Å². The van der Waals surface area contributed by atoms with E-state index in [0.29, 0.717) is 45.6 Å². The van der Waals surface area contributed by atoms with Crippen molar-refractivity contribution in [3.05, 3.63) is 57.8 Å². The Morgan fingerprint density at radius 3 is 2.52 bits per heavy atom. The summed E-state index contributed by atoms with van der Waals surface area (Å²) < 4.78 is 13.2. The zero-order valence-corrected chi connectivity index (χ0v) is 16.9.